The van der Waals surface area contributed by atoms with Crippen LogP contribution < -0.4 is 4.72 Å². The minimum atomic E-state index is -3.72. The van der Waals surface area contributed by atoms with E-state index in [1.165, 1.54) is 12.3 Å². The molecule has 2 aromatic heterocycles. The van der Waals surface area contributed by atoms with E-state index in [9.17, 15) is 8.42 Å². The maximum Gasteiger partial charge on any atom is 0.281 e. The van der Waals surface area contributed by atoms with Crippen molar-refractivity contribution in [1.82, 2.24) is 14.5 Å². The summed E-state index contributed by atoms with van der Waals surface area (Å²) in [4.78, 5) is 7.98. The molecule has 0 spiro atoms. The Bertz CT molecular complexity index is 705. The fourth-order valence-electron chi connectivity index (χ4n) is 1.49. The summed E-state index contributed by atoms with van der Waals surface area (Å²) in [7, 11) is -1.98. The van der Waals surface area contributed by atoms with Crippen LogP contribution in [0.4, 0.5) is 5.69 Å². The van der Waals surface area contributed by atoms with Crippen molar-refractivity contribution < 1.29 is 8.42 Å². The van der Waals surface area contributed by atoms with E-state index in [2.05, 4.69) is 14.7 Å². The first-order valence-electron chi connectivity index (χ1n) is 5.45. The number of rotatable bonds is 3. The summed E-state index contributed by atoms with van der Waals surface area (Å²) < 4.78 is 28.4. The normalized spacial score (nSPS) is 11.6. The summed E-state index contributed by atoms with van der Waals surface area (Å²) in [6.45, 7) is 3.40. The first-order valence-corrected chi connectivity index (χ1v) is 7.31. The number of nitrogens with zero attached hydrogens (tertiary/aromatic N) is 3. The molecule has 0 atom stereocenters. The number of halogens is 1. The number of nitrogens with one attached hydrogen (secondary N) is 1. The monoisotopic (exact) mass is 300 g/mol. The van der Waals surface area contributed by atoms with E-state index in [1.54, 1.807) is 31.5 Å². The molecule has 0 unspecified atom stereocenters. The van der Waals surface area contributed by atoms with Crippen LogP contribution in [0.5, 0.6) is 0 Å². The molecule has 6 nitrogen and oxygen atoms in total. The lowest BCUT2D eigenvalue weighted by molar-refractivity contribution is 0.598. The Labute approximate surface area is 116 Å². The second kappa shape index (κ2) is 4.82. The van der Waals surface area contributed by atoms with Crippen LogP contribution >= 0.6 is 11.6 Å². The van der Waals surface area contributed by atoms with Crippen molar-refractivity contribution in [3.05, 3.63) is 35.0 Å². The van der Waals surface area contributed by atoms with Crippen molar-refractivity contribution in [2.24, 2.45) is 7.05 Å². The number of aromatic nitrogens is 3. The molecule has 102 valence electrons. The Hall–Kier alpha value is -1.60. The average molecular weight is 301 g/mol. The summed E-state index contributed by atoms with van der Waals surface area (Å²) in [6.07, 6.45) is 1.45. The summed E-state index contributed by atoms with van der Waals surface area (Å²) in [5.41, 5.74) is 0.886. The van der Waals surface area contributed by atoms with E-state index in [-0.39, 0.29) is 5.03 Å². The molecule has 0 aliphatic carbocycles. The molecule has 1 N–H and O–H groups in total. The Balaban J connectivity index is 2.36. The summed E-state index contributed by atoms with van der Waals surface area (Å²) in [5, 5.41) is 0.288. The molecule has 0 fully saturated rings. The molecule has 0 saturated heterocycles. The van der Waals surface area contributed by atoms with Crippen LogP contribution in [0.15, 0.2) is 23.4 Å². The van der Waals surface area contributed by atoms with Crippen molar-refractivity contribution in [3.8, 4) is 0 Å². The molecular formula is C11H13ClN4O2S. The Morgan fingerprint density at radius 1 is 1.26 bits per heavy atom. The summed E-state index contributed by atoms with van der Waals surface area (Å²) in [6, 6.07) is 3.09. The van der Waals surface area contributed by atoms with Gasteiger partial charge < -0.3 is 4.57 Å². The number of hydrogen-bond donors (Lipinski definition) is 1. The van der Waals surface area contributed by atoms with E-state index < -0.39 is 10.0 Å². The highest BCUT2D eigenvalue weighted by Gasteiger charge is 2.19. The van der Waals surface area contributed by atoms with Crippen LogP contribution in [0.2, 0.25) is 5.15 Å². The van der Waals surface area contributed by atoms with Gasteiger partial charge >= 0.3 is 0 Å². The minimum Gasteiger partial charge on any atom is -0.337 e. The maximum absolute atomic E-state index is 12.2. The van der Waals surface area contributed by atoms with Gasteiger partial charge in [0.05, 0.1) is 11.4 Å². The zero-order valence-electron chi connectivity index (χ0n) is 10.7. The van der Waals surface area contributed by atoms with Gasteiger partial charge in [0.2, 0.25) is 0 Å². The topological polar surface area (TPSA) is 76.9 Å². The highest BCUT2D eigenvalue weighted by Crippen LogP contribution is 2.19. The second-order valence-electron chi connectivity index (χ2n) is 4.11. The molecule has 8 heteroatoms. The molecule has 2 heterocycles. The number of pyridine rings is 1. The molecule has 2 aromatic rings. The van der Waals surface area contributed by atoms with Crippen molar-refractivity contribution >= 4 is 27.3 Å². The number of aryl methyl sites for hydroxylation is 3. The highest BCUT2D eigenvalue weighted by molar-refractivity contribution is 7.92. The van der Waals surface area contributed by atoms with Gasteiger partial charge in [-0.05, 0) is 26.0 Å². The van der Waals surface area contributed by atoms with Gasteiger partial charge in [-0.15, -0.1) is 0 Å². The minimum absolute atomic E-state index is 0.0261. The molecule has 0 radical (unpaired) electrons. The van der Waals surface area contributed by atoms with Crippen LogP contribution in [-0.4, -0.2) is 23.0 Å². The Kier molecular flexibility index (Phi) is 3.51. The largest absolute Gasteiger partial charge is 0.337 e. The lowest BCUT2D eigenvalue weighted by Gasteiger charge is -2.08. The molecule has 2 rings (SSSR count). The molecular weight excluding hydrogens is 288 g/mol. The molecule has 0 saturated carbocycles. The van der Waals surface area contributed by atoms with E-state index in [4.69, 9.17) is 11.6 Å². The lowest BCUT2D eigenvalue weighted by atomic mass is 10.3. The zero-order valence-corrected chi connectivity index (χ0v) is 12.2. The van der Waals surface area contributed by atoms with E-state index in [0.717, 1.165) is 0 Å². The third-order valence-corrected chi connectivity index (χ3v) is 4.10. The number of sulfonamides is 1. The van der Waals surface area contributed by atoms with Crippen LogP contribution in [0, 0.1) is 13.8 Å². The van der Waals surface area contributed by atoms with Gasteiger partial charge in [-0.25, -0.2) is 9.97 Å². The zero-order chi connectivity index (χ0) is 14.2. The van der Waals surface area contributed by atoms with E-state index >= 15 is 0 Å². The Morgan fingerprint density at radius 2 is 1.95 bits per heavy atom. The van der Waals surface area contributed by atoms with Gasteiger partial charge in [0.25, 0.3) is 10.0 Å². The van der Waals surface area contributed by atoms with Crippen molar-refractivity contribution in [2.75, 3.05) is 4.72 Å². The van der Waals surface area contributed by atoms with Crippen molar-refractivity contribution in [1.29, 1.82) is 0 Å². The standard InChI is InChI=1S/C11H13ClN4O2S/c1-7-9(4-5-10(12)13-7)15-19(17,18)11-6-16(3)8(2)14-11/h4-6,15H,1-3H3. The van der Waals surface area contributed by atoms with E-state index in [0.29, 0.717) is 22.4 Å². The molecule has 0 amide bonds. The summed E-state index contributed by atoms with van der Waals surface area (Å²) in [5.74, 6) is 0.617. The average Bonchev–Trinajstić information content (AvgIpc) is 2.64. The molecule has 0 aromatic carbocycles. The number of anilines is 1. The van der Waals surface area contributed by atoms with E-state index in [1.807, 2.05) is 0 Å². The van der Waals surface area contributed by atoms with Gasteiger partial charge in [0.15, 0.2) is 5.03 Å². The number of imidazole rings is 1. The molecule has 19 heavy (non-hydrogen) atoms. The number of hydrogen-bond acceptors (Lipinski definition) is 4. The van der Waals surface area contributed by atoms with Gasteiger partial charge in [-0.1, -0.05) is 11.6 Å². The second-order valence-corrected chi connectivity index (χ2v) is 6.13. The predicted octanol–water partition coefficient (Wildman–Crippen LogP) is 1.89. The first kappa shape index (κ1) is 13.8. The molecule has 0 bridgehead atoms. The first-order chi connectivity index (χ1) is 8.79. The van der Waals surface area contributed by atoms with Gasteiger partial charge in [-0.2, -0.15) is 8.42 Å². The fourth-order valence-corrected chi connectivity index (χ4v) is 2.84. The molecule has 0 aliphatic rings. The van der Waals surface area contributed by atoms with Crippen molar-refractivity contribution in [2.45, 2.75) is 18.9 Å². The highest BCUT2D eigenvalue weighted by atomic mass is 35.5. The van der Waals surface area contributed by atoms with Gasteiger partial charge in [0.1, 0.15) is 11.0 Å². The predicted molar refractivity (Wildman–Crippen MR) is 72.7 cm³/mol. The lowest BCUT2D eigenvalue weighted by Crippen LogP contribution is -2.14. The third kappa shape index (κ3) is 2.87. The fraction of sp³-hybridized carbons (Fsp3) is 0.273. The Morgan fingerprint density at radius 3 is 2.47 bits per heavy atom. The van der Waals surface area contributed by atoms with Gasteiger partial charge in [0, 0.05) is 13.2 Å². The third-order valence-electron chi connectivity index (χ3n) is 2.66. The van der Waals surface area contributed by atoms with Crippen LogP contribution in [0.1, 0.15) is 11.5 Å². The quantitative estimate of drug-likeness (QED) is 0.878. The van der Waals surface area contributed by atoms with Gasteiger partial charge in [-0.3, -0.25) is 4.72 Å². The van der Waals surface area contributed by atoms with Crippen LogP contribution in [0.3, 0.4) is 0 Å². The van der Waals surface area contributed by atoms with Crippen LogP contribution in [-0.2, 0) is 17.1 Å². The summed E-state index contributed by atoms with van der Waals surface area (Å²) >= 11 is 5.73. The molecule has 0 aliphatic heterocycles. The van der Waals surface area contributed by atoms with Crippen molar-refractivity contribution in [3.63, 3.8) is 0 Å². The van der Waals surface area contributed by atoms with Crippen LogP contribution in [0.25, 0.3) is 0 Å². The smallest absolute Gasteiger partial charge is 0.281 e. The SMILES string of the molecule is Cc1nc(Cl)ccc1NS(=O)(=O)c1cn(C)c(C)n1. The maximum atomic E-state index is 12.2.